The van der Waals surface area contributed by atoms with Crippen molar-refractivity contribution in [1.82, 2.24) is 15.0 Å². The van der Waals surface area contributed by atoms with Crippen molar-refractivity contribution >= 4 is 39.0 Å². The topological polar surface area (TPSA) is 62.7 Å². The number of fused-ring (bicyclic) bond motifs is 1. The van der Waals surface area contributed by atoms with Gasteiger partial charge in [-0.25, -0.2) is 9.97 Å². The summed E-state index contributed by atoms with van der Waals surface area (Å²) >= 11 is 1.63. The molecule has 0 aliphatic carbocycles. The van der Waals surface area contributed by atoms with Crippen LogP contribution in [0.4, 0.5) is 17.5 Å². The van der Waals surface area contributed by atoms with Crippen molar-refractivity contribution < 1.29 is 0 Å². The van der Waals surface area contributed by atoms with Gasteiger partial charge in [-0.15, -0.1) is 11.3 Å². The van der Waals surface area contributed by atoms with Crippen LogP contribution in [0.15, 0.2) is 29.9 Å². The van der Waals surface area contributed by atoms with Gasteiger partial charge in [-0.1, -0.05) is 0 Å². The Morgan fingerprint density at radius 2 is 2.11 bits per heavy atom. The Kier molecular flexibility index (Phi) is 3.00. The molecule has 0 unspecified atom stereocenters. The lowest BCUT2D eigenvalue weighted by atomic mass is 10.3. The SMILES string of the molecule is CNc1ncc(C)c(Nc2ccc3ncsc3c2)n1. The third kappa shape index (κ3) is 2.34. The highest BCUT2D eigenvalue weighted by Gasteiger charge is 2.04. The minimum absolute atomic E-state index is 0.604. The minimum atomic E-state index is 0.604. The maximum Gasteiger partial charge on any atom is 0.224 e. The van der Waals surface area contributed by atoms with E-state index < -0.39 is 0 Å². The van der Waals surface area contributed by atoms with Gasteiger partial charge in [0.25, 0.3) is 0 Å². The molecule has 3 aromatic rings. The van der Waals surface area contributed by atoms with E-state index in [-0.39, 0.29) is 0 Å². The molecule has 96 valence electrons. The van der Waals surface area contributed by atoms with E-state index in [1.54, 1.807) is 24.6 Å². The number of aryl methyl sites for hydroxylation is 1. The molecule has 2 heterocycles. The maximum atomic E-state index is 4.41. The van der Waals surface area contributed by atoms with Crippen LogP contribution >= 0.6 is 11.3 Å². The molecule has 0 amide bonds. The number of hydrogen-bond acceptors (Lipinski definition) is 6. The van der Waals surface area contributed by atoms with Gasteiger partial charge in [-0.05, 0) is 25.1 Å². The molecule has 2 aromatic heterocycles. The molecule has 0 fully saturated rings. The zero-order chi connectivity index (χ0) is 13.2. The Balaban J connectivity index is 1.95. The van der Waals surface area contributed by atoms with Gasteiger partial charge in [0, 0.05) is 24.5 Å². The van der Waals surface area contributed by atoms with Crippen LogP contribution in [-0.4, -0.2) is 22.0 Å². The lowest BCUT2D eigenvalue weighted by Crippen LogP contribution is -2.02. The monoisotopic (exact) mass is 271 g/mol. The molecule has 0 saturated heterocycles. The smallest absolute Gasteiger partial charge is 0.224 e. The van der Waals surface area contributed by atoms with Crippen molar-refractivity contribution in [3.63, 3.8) is 0 Å². The largest absolute Gasteiger partial charge is 0.357 e. The average Bonchev–Trinajstić information content (AvgIpc) is 2.89. The van der Waals surface area contributed by atoms with Crippen LogP contribution in [0, 0.1) is 6.92 Å². The van der Waals surface area contributed by atoms with E-state index in [0.29, 0.717) is 5.95 Å². The van der Waals surface area contributed by atoms with E-state index >= 15 is 0 Å². The molecule has 0 saturated carbocycles. The predicted molar refractivity (Wildman–Crippen MR) is 79.2 cm³/mol. The molecule has 6 heteroatoms. The second-order valence-electron chi connectivity index (χ2n) is 4.14. The van der Waals surface area contributed by atoms with Crippen molar-refractivity contribution in [3.05, 3.63) is 35.5 Å². The highest BCUT2D eigenvalue weighted by Crippen LogP contribution is 2.25. The molecule has 0 spiro atoms. The number of benzene rings is 1. The van der Waals surface area contributed by atoms with Crippen LogP contribution in [0.1, 0.15) is 5.56 Å². The van der Waals surface area contributed by atoms with Crippen LogP contribution in [-0.2, 0) is 0 Å². The van der Waals surface area contributed by atoms with E-state index in [4.69, 9.17) is 0 Å². The number of aromatic nitrogens is 3. The molecule has 5 nitrogen and oxygen atoms in total. The zero-order valence-electron chi connectivity index (χ0n) is 10.6. The van der Waals surface area contributed by atoms with Gasteiger partial charge in [-0.2, -0.15) is 4.98 Å². The average molecular weight is 271 g/mol. The van der Waals surface area contributed by atoms with Gasteiger partial charge >= 0.3 is 0 Å². The Bertz CT molecular complexity index is 722. The van der Waals surface area contributed by atoms with Crippen molar-refractivity contribution in [2.24, 2.45) is 0 Å². The van der Waals surface area contributed by atoms with Crippen LogP contribution in [0.2, 0.25) is 0 Å². The molecule has 19 heavy (non-hydrogen) atoms. The van der Waals surface area contributed by atoms with Crippen molar-refractivity contribution in [1.29, 1.82) is 0 Å². The summed E-state index contributed by atoms with van der Waals surface area (Å²) in [5.41, 5.74) is 4.87. The van der Waals surface area contributed by atoms with Crippen LogP contribution in [0.5, 0.6) is 0 Å². The summed E-state index contributed by atoms with van der Waals surface area (Å²) in [6, 6.07) is 6.08. The Labute approximate surface area is 114 Å². The number of hydrogen-bond donors (Lipinski definition) is 2. The second-order valence-corrected chi connectivity index (χ2v) is 5.02. The van der Waals surface area contributed by atoms with Gasteiger partial charge in [0.05, 0.1) is 15.7 Å². The van der Waals surface area contributed by atoms with E-state index in [1.165, 1.54) is 0 Å². The Hall–Kier alpha value is -2.21. The molecular formula is C13H13N5S. The number of nitrogens with one attached hydrogen (secondary N) is 2. The molecule has 3 rings (SSSR count). The molecule has 0 bridgehead atoms. The highest BCUT2D eigenvalue weighted by atomic mass is 32.1. The van der Waals surface area contributed by atoms with Crippen molar-refractivity contribution in [3.8, 4) is 0 Å². The van der Waals surface area contributed by atoms with Gasteiger partial charge in [0.1, 0.15) is 5.82 Å². The van der Waals surface area contributed by atoms with Crippen LogP contribution < -0.4 is 10.6 Å². The van der Waals surface area contributed by atoms with Gasteiger partial charge in [0.2, 0.25) is 5.95 Å². The van der Waals surface area contributed by atoms with E-state index in [2.05, 4.69) is 31.7 Å². The van der Waals surface area contributed by atoms with Crippen molar-refractivity contribution in [2.45, 2.75) is 6.92 Å². The fraction of sp³-hybridized carbons (Fsp3) is 0.154. The standard InChI is InChI=1S/C13H13N5S/c1-8-6-15-13(14-2)18-12(8)17-9-3-4-10-11(5-9)19-7-16-10/h3-7H,1-2H3,(H2,14,15,17,18). The van der Waals surface area contributed by atoms with Crippen molar-refractivity contribution in [2.75, 3.05) is 17.7 Å². The number of rotatable bonds is 3. The van der Waals surface area contributed by atoms with Crippen LogP contribution in [0.3, 0.4) is 0 Å². The number of nitrogens with zero attached hydrogens (tertiary/aromatic N) is 3. The van der Waals surface area contributed by atoms with E-state index in [9.17, 15) is 0 Å². The maximum absolute atomic E-state index is 4.41. The summed E-state index contributed by atoms with van der Waals surface area (Å²) < 4.78 is 1.16. The summed E-state index contributed by atoms with van der Waals surface area (Å²) in [6.07, 6.45) is 1.80. The second kappa shape index (κ2) is 4.81. The fourth-order valence-corrected chi connectivity index (χ4v) is 2.47. The van der Waals surface area contributed by atoms with E-state index in [0.717, 1.165) is 27.3 Å². The van der Waals surface area contributed by atoms with E-state index in [1.807, 2.05) is 24.6 Å². The van der Waals surface area contributed by atoms with Gasteiger partial charge < -0.3 is 10.6 Å². The molecule has 0 radical (unpaired) electrons. The normalized spacial score (nSPS) is 10.6. The first-order valence-corrected chi connectivity index (χ1v) is 6.76. The summed E-state index contributed by atoms with van der Waals surface area (Å²) in [4.78, 5) is 12.8. The number of anilines is 3. The molecule has 2 N–H and O–H groups in total. The fourth-order valence-electron chi connectivity index (χ4n) is 1.76. The minimum Gasteiger partial charge on any atom is -0.357 e. The third-order valence-electron chi connectivity index (χ3n) is 2.79. The first kappa shape index (κ1) is 11.9. The van der Waals surface area contributed by atoms with Crippen LogP contribution in [0.25, 0.3) is 10.2 Å². The van der Waals surface area contributed by atoms with Gasteiger partial charge in [0.15, 0.2) is 0 Å². The highest BCUT2D eigenvalue weighted by molar-refractivity contribution is 7.16. The molecule has 0 aliphatic rings. The molecule has 1 aromatic carbocycles. The predicted octanol–water partition coefficient (Wildman–Crippen LogP) is 3.18. The zero-order valence-corrected chi connectivity index (χ0v) is 11.5. The third-order valence-corrected chi connectivity index (χ3v) is 3.58. The quantitative estimate of drug-likeness (QED) is 0.766. The summed E-state index contributed by atoms with van der Waals surface area (Å²) in [5, 5.41) is 6.25. The summed E-state index contributed by atoms with van der Waals surface area (Å²) in [6.45, 7) is 1.98. The molecular weight excluding hydrogens is 258 g/mol. The Morgan fingerprint density at radius 1 is 1.21 bits per heavy atom. The lowest BCUT2D eigenvalue weighted by molar-refractivity contribution is 1.12. The van der Waals surface area contributed by atoms with Gasteiger partial charge in [-0.3, -0.25) is 0 Å². The Morgan fingerprint density at radius 3 is 2.95 bits per heavy atom. The first-order chi connectivity index (χ1) is 9.26. The summed E-state index contributed by atoms with van der Waals surface area (Å²) in [7, 11) is 1.80. The first-order valence-electron chi connectivity index (χ1n) is 5.88. The summed E-state index contributed by atoms with van der Waals surface area (Å²) in [5.74, 6) is 1.41. The molecule has 0 aliphatic heterocycles. The lowest BCUT2D eigenvalue weighted by Gasteiger charge is -2.09. The molecule has 0 atom stereocenters. The number of thiazole rings is 1.